The number of carbonyl (C=O) groups excluding carboxylic acids is 1. The zero-order valence-corrected chi connectivity index (χ0v) is 13.7. The van der Waals surface area contributed by atoms with Crippen molar-refractivity contribution < 1.29 is 14.3 Å². The predicted octanol–water partition coefficient (Wildman–Crippen LogP) is 3.54. The summed E-state index contributed by atoms with van der Waals surface area (Å²) in [6.07, 6.45) is 1.88. The summed E-state index contributed by atoms with van der Waals surface area (Å²) in [6.45, 7) is 2.70. The lowest BCUT2D eigenvalue weighted by molar-refractivity contribution is 0.101. The summed E-state index contributed by atoms with van der Waals surface area (Å²) in [6, 6.07) is 7.04. The average molecular weight is 353 g/mol. The van der Waals surface area contributed by atoms with Gasteiger partial charge >= 0.3 is 0 Å². The smallest absolute Gasteiger partial charge is 0.272 e. The van der Waals surface area contributed by atoms with Crippen LogP contribution in [0.5, 0.6) is 11.5 Å². The lowest BCUT2D eigenvalue weighted by atomic mass is 10.2. The molecule has 0 atom stereocenters. The average Bonchev–Trinajstić information content (AvgIpc) is 2.88. The summed E-state index contributed by atoms with van der Waals surface area (Å²) in [7, 11) is 3.13. The third-order valence-corrected chi connectivity index (χ3v) is 3.53. The van der Waals surface area contributed by atoms with Gasteiger partial charge in [0.25, 0.3) is 5.91 Å². The van der Waals surface area contributed by atoms with E-state index in [0.29, 0.717) is 29.4 Å². The highest BCUT2D eigenvalue weighted by molar-refractivity contribution is 9.10. The van der Waals surface area contributed by atoms with Gasteiger partial charge in [-0.3, -0.25) is 4.79 Å². The highest BCUT2D eigenvalue weighted by Gasteiger charge is 2.15. The third-order valence-electron chi connectivity index (χ3n) is 3.09. The van der Waals surface area contributed by atoms with E-state index in [-0.39, 0.29) is 5.91 Å². The second-order valence-corrected chi connectivity index (χ2v) is 5.27. The number of carbonyl (C=O) groups is 1. The molecular formula is C15H17BrN2O3. The van der Waals surface area contributed by atoms with Crippen molar-refractivity contribution in [3.8, 4) is 11.5 Å². The number of benzene rings is 1. The molecule has 0 unspecified atom stereocenters. The summed E-state index contributed by atoms with van der Waals surface area (Å²) >= 11 is 3.38. The van der Waals surface area contributed by atoms with Gasteiger partial charge in [-0.2, -0.15) is 0 Å². The van der Waals surface area contributed by atoms with Crippen molar-refractivity contribution in [1.29, 1.82) is 0 Å². The Kier molecular flexibility index (Phi) is 4.90. The molecule has 112 valence electrons. The van der Waals surface area contributed by atoms with Gasteiger partial charge in [0.05, 0.1) is 19.9 Å². The molecule has 2 aromatic rings. The molecule has 0 spiro atoms. The molecule has 1 aromatic carbocycles. The Labute approximate surface area is 132 Å². The number of hydrogen-bond donors (Lipinski definition) is 1. The van der Waals surface area contributed by atoms with E-state index >= 15 is 0 Å². The van der Waals surface area contributed by atoms with E-state index in [0.717, 1.165) is 4.47 Å². The summed E-state index contributed by atoms with van der Waals surface area (Å²) in [5.41, 5.74) is 1.19. The Morgan fingerprint density at radius 2 is 2.05 bits per heavy atom. The van der Waals surface area contributed by atoms with Crippen LogP contribution in [0.15, 0.2) is 34.9 Å². The van der Waals surface area contributed by atoms with E-state index in [9.17, 15) is 4.79 Å². The zero-order chi connectivity index (χ0) is 15.4. The van der Waals surface area contributed by atoms with Crippen LogP contribution in [-0.4, -0.2) is 24.7 Å². The number of ether oxygens (including phenoxy) is 2. The minimum atomic E-state index is -0.189. The number of hydrogen-bond acceptors (Lipinski definition) is 3. The fourth-order valence-corrected chi connectivity index (χ4v) is 2.48. The molecule has 1 N–H and O–H groups in total. The SMILES string of the molecule is CCn1cc(Br)cc1C(=O)Nc1ccc(OC)cc1OC. The highest BCUT2D eigenvalue weighted by atomic mass is 79.9. The number of nitrogens with zero attached hydrogens (tertiary/aromatic N) is 1. The van der Waals surface area contributed by atoms with Crippen LogP contribution in [0.25, 0.3) is 0 Å². The van der Waals surface area contributed by atoms with Gasteiger partial charge < -0.3 is 19.4 Å². The first-order valence-electron chi connectivity index (χ1n) is 6.48. The van der Waals surface area contributed by atoms with Crippen molar-refractivity contribution in [1.82, 2.24) is 4.57 Å². The normalized spacial score (nSPS) is 10.3. The quantitative estimate of drug-likeness (QED) is 0.895. The summed E-state index contributed by atoms with van der Waals surface area (Å²) in [5.74, 6) is 1.03. The van der Waals surface area contributed by atoms with E-state index in [1.807, 2.05) is 17.7 Å². The maximum atomic E-state index is 12.4. The standard InChI is InChI=1S/C15H17BrN2O3/c1-4-18-9-10(16)7-13(18)15(19)17-12-6-5-11(20-2)8-14(12)21-3/h5-9H,4H2,1-3H3,(H,17,19). The second-order valence-electron chi connectivity index (χ2n) is 4.35. The van der Waals surface area contributed by atoms with Crippen LogP contribution < -0.4 is 14.8 Å². The molecule has 1 aromatic heterocycles. The van der Waals surface area contributed by atoms with Crippen molar-refractivity contribution in [3.05, 3.63) is 40.6 Å². The van der Waals surface area contributed by atoms with Crippen LogP contribution >= 0.6 is 15.9 Å². The molecule has 1 heterocycles. The number of methoxy groups -OCH3 is 2. The van der Waals surface area contributed by atoms with Gasteiger partial charge in [-0.05, 0) is 41.1 Å². The molecule has 0 aliphatic rings. The van der Waals surface area contributed by atoms with Crippen LogP contribution in [0.2, 0.25) is 0 Å². The third kappa shape index (κ3) is 3.39. The molecule has 1 amide bonds. The maximum absolute atomic E-state index is 12.4. The number of nitrogens with one attached hydrogen (secondary N) is 1. The Balaban J connectivity index is 2.26. The van der Waals surface area contributed by atoms with Gasteiger partial charge in [-0.1, -0.05) is 0 Å². The Hall–Kier alpha value is -1.95. The highest BCUT2D eigenvalue weighted by Crippen LogP contribution is 2.29. The molecule has 6 heteroatoms. The Morgan fingerprint density at radius 3 is 2.67 bits per heavy atom. The van der Waals surface area contributed by atoms with Crippen molar-refractivity contribution in [2.24, 2.45) is 0 Å². The number of halogens is 1. The van der Waals surface area contributed by atoms with E-state index in [1.54, 1.807) is 38.5 Å². The van der Waals surface area contributed by atoms with Crippen LogP contribution in [0.1, 0.15) is 17.4 Å². The van der Waals surface area contributed by atoms with Gasteiger partial charge in [0.15, 0.2) is 0 Å². The van der Waals surface area contributed by atoms with Gasteiger partial charge in [-0.15, -0.1) is 0 Å². The Bertz CT molecular complexity index is 652. The summed E-state index contributed by atoms with van der Waals surface area (Å²) in [5, 5.41) is 2.86. The first kappa shape index (κ1) is 15.4. The molecule has 5 nitrogen and oxygen atoms in total. The first-order chi connectivity index (χ1) is 10.1. The molecule has 0 radical (unpaired) electrons. The lowest BCUT2D eigenvalue weighted by Crippen LogP contribution is -2.16. The van der Waals surface area contributed by atoms with Crippen molar-refractivity contribution >= 4 is 27.5 Å². The largest absolute Gasteiger partial charge is 0.497 e. The minimum Gasteiger partial charge on any atom is -0.497 e. The maximum Gasteiger partial charge on any atom is 0.272 e. The molecule has 0 aliphatic carbocycles. The van der Waals surface area contributed by atoms with Crippen molar-refractivity contribution in [2.75, 3.05) is 19.5 Å². The fourth-order valence-electron chi connectivity index (χ4n) is 2.01. The molecule has 0 saturated carbocycles. The van der Waals surface area contributed by atoms with Crippen molar-refractivity contribution in [2.45, 2.75) is 13.5 Å². The fraction of sp³-hybridized carbons (Fsp3) is 0.267. The zero-order valence-electron chi connectivity index (χ0n) is 12.1. The van der Waals surface area contributed by atoms with E-state index < -0.39 is 0 Å². The summed E-state index contributed by atoms with van der Waals surface area (Å²) in [4.78, 5) is 12.4. The van der Waals surface area contributed by atoms with Crippen molar-refractivity contribution in [3.63, 3.8) is 0 Å². The number of rotatable bonds is 5. The van der Waals surface area contributed by atoms with E-state index in [2.05, 4.69) is 21.2 Å². The molecule has 21 heavy (non-hydrogen) atoms. The van der Waals surface area contributed by atoms with Gasteiger partial charge in [0.1, 0.15) is 17.2 Å². The predicted molar refractivity (Wildman–Crippen MR) is 85.3 cm³/mol. The molecule has 0 aliphatic heterocycles. The minimum absolute atomic E-state index is 0.189. The molecule has 0 fully saturated rings. The number of aryl methyl sites for hydroxylation is 1. The topological polar surface area (TPSA) is 52.5 Å². The van der Waals surface area contributed by atoms with Crippen LogP contribution in [0.3, 0.4) is 0 Å². The van der Waals surface area contributed by atoms with Gasteiger partial charge in [0.2, 0.25) is 0 Å². The second kappa shape index (κ2) is 6.67. The molecule has 2 rings (SSSR count). The number of amides is 1. The van der Waals surface area contributed by atoms with Gasteiger partial charge in [0, 0.05) is 23.3 Å². The summed E-state index contributed by atoms with van der Waals surface area (Å²) < 4.78 is 13.2. The van der Waals surface area contributed by atoms with Crippen LogP contribution in [-0.2, 0) is 6.54 Å². The van der Waals surface area contributed by atoms with E-state index in [4.69, 9.17) is 9.47 Å². The van der Waals surface area contributed by atoms with Crippen LogP contribution in [0.4, 0.5) is 5.69 Å². The lowest BCUT2D eigenvalue weighted by Gasteiger charge is -2.12. The monoisotopic (exact) mass is 352 g/mol. The van der Waals surface area contributed by atoms with Crippen LogP contribution in [0, 0.1) is 0 Å². The molecule has 0 bridgehead atoms. The number of aromatic nitrogens is 1. The molecule has 0 saturated heterocycles. The number of anilines is 1. The molecular weight excluding hydrogens is 336 g/mol. The Morgan fingerprint density at radius 1 is 1.29 bits per heavy atom. The van der Waals surface area contributed by atoms with E-state index in [1.165, 1.54) is 0 Å². The van der Waals surface area contributed by atoms with Gasteiger partial charge in [-0.25, -0.2) is 0 Å². The first-order valence-corrected chi connectivity index (χ1v) is 7.27.